The monoisotopic (exact) mass is 498 g/mol. The summed E-state index contributed by atoms with van der Waals surface area (Å²) in [5, 5.41) is 4.87. The van der Waals surface area contributed by atoms with Crippen LogP contribution in [0.15, 0.2) is 97.1 Å². The lowest BCUT2D eigenvalue weighted by Gasteiger charge is -2.32. The zero-order valence-corrected chi connectivity index (χ0v) is 21.1. The maximum Gasteiger partial charge on any atom is 0.261 e. The topological polar surface area (TPSA) is 58.6 Å². The van der Waals surface area contributed by atoms with Crippen LogP contribution < -0.4 is 10.1 Å². The third kappa shape index (κ3) is 6.94. The van der Waals surface area contributed by atoms with Crippen molar-refractivity contribution in [1.82, 2.24) is 10.2 Å². The minimum atomic E-state index is -0.779. The van der Waals surface area contributed by atoms with Gasteiger partial charge in [0.15, 0.2) is 6.61 Å². The fraction of sp³-hybridized carbons (Fsp3) is 0.226. The molecule has 0 heterocycles. The molecule has 0 fully saturated rings. The summed E-state index contributed by atoms with van der Waals surface area (Å²) in [6.07, 6.45) is 0.334. The highest BCUT2D eigenvalue weighted by Gasteiger charge is 2.31. The van der Waals surface area contributed by atoms with Crippen LogP contribution in [-0.2, 0) is 22.6 Å². The maximum absolute atomic E-state index is 13.7. The Morgan fingerprint density at radius 1 is 0.838 bits per heavy atom. The molecule has 2 amide bonds. The van der Waals surface area contributed by atoms with Gasteiger partial charge in [-0.2, -0.15) is 0 Å². The average Bonchev–Trinajstić information content (AvgIpc) is 2.90. The van der Waals surface area contributed by atoms with Crippen molar-refractivity contribution in [1.29, 1.82) is 0 Å². The van der Waals surface area contributed by atoms with Gasteiger partial charge in [-0.1, -0.05) is 78.9 Å². The van der Waals surface area contributed by atoms with E-state index < -0.39 is 6.04 Å². The Labute approximate surface area is 216 Å². The lowest BCUT2D eigenvalue weighted by molar-refractivity contribution is -0.143. The predicted molar refractivity (Wildman–Crippen MR) is 144 cm³/mol. The Hall–Kier alpha value is -4.19. The van der Waals surface area contributed by atoms with Crippen LogP contribution in [0.25, 0.3) is 10.8 Å². The first-order valence-electron chi connectivity index (χ1n) is 12.4. The lowest BCUT2D eigenvalue weighted by atomic mass is 10.0. The highest BCUT2D eigenvalue weighted by molar-refractivity contribution is 5.90. The molecule has 0 aliphatic heterocycles. The molecule has 5 nitrogen and oxygen atoms in total. The molecular weight excluding hydrogens is 467 g/mol. The molecule has 4 aromatic rings. The van der Waals surface area contributed by atoms with Crippen LogP contribution in [0.2, 0.25) is 0 Å². The van der Waals surface area contributed by atoms with Crippen LogP contribution in [0.1, 0.15) is 25.0 Å². The molecule has 37 heavy (non-hydrogen) atoms. The molecule has 0 unspecified atom stereocenters. The highest BCUT2D eigenvalue weighted by atomic mass is 19.1. The number of benzene rings is 4. The van der Waals surface area contributed by atoms with Crippen molar-refractivity contribution in [3.63, 3.8) is 0 Å². The molecule has 0 bridgehead atoms. The molecule has 0 aliphatic rings. The lowest BCUT2D eigenvalue weighted by Crippen LogP contribution is -2.52. The molecular formula is C31H31FN2O3. The van der Waals surface area contributed by atoms with Gasteiger partial charge in [0, 0.05) is 24.4 Å². The van der Waals surface area contributed by atoms with Crippen molar-refractivity contribution in [2.45, 2.75) is 38.9 Å². The average molecular weight is 499 g/mol. The molecule has 0 radical (unpaired) electrons. The van der Waals surface area contributed by atoms with Gasteiger partial charge in [0.1, 0.15) is 17.6 Å². The van der Waals surface area contributed by atoms with E-state index >= 15 is 0 Å². The standard InChI is InChI=1S/C31H31FN2O3/c1-22(2)33-31(36)28(19-23-9-4-3-5-10-23)34(20-24-15-17-26(32)18-16-24)30(35)21-37-29-14-8-12-25-11-6-7-13-27(25)29/h3-18,22,28H,19-21H2,1-2H3,(H,33,36)/t28-/m1/s1. The smallest absolute Gasteiger partial charge is 0.261 e. The number of hydrogen-bond donors (Lipinski definition) is 1. The molecule has 0 saturated heterocycles. The van der Waals surface area contributed by atoms with Gasteiger partial charge in [-0.25, -0.2) is 4.39 Å². The number of amides is 2. The van der Waals surface area contributed by atoms with Gasteiger partial charge in [-0.3, -0.25) is 9.59 Å². The first kappa shape index (κ1) is 25.9. The zero-order valence-electron chi connectivity index (χ0n) is 21.1. The van der Waals surface area contributed by atoms with E-state index in [-0.39, 0.29) is 36.8 Å². The number of nitrogens with one attached hydrogen (secondary N) is 1. The molecule has 4 rings (SSSR count). The molecule has 0 saturated carbocycles. The van der Waals surface area contributed by atoms with Crippen molar-refractivity contribution >= 4 is 22.6 Å². The maximum atomic E-state index is 13.7. The predicted octanol–water partition coefficient (Wildman–Crippen LogP) is 5.52. The number of carbonyl (C=O) groups excluding carboxylic acids is 2. The summed E-state index contributed by atoms with van der Waals surface area (Å²) >= 11 is 0. The van der Waals surface area contributed by atoms with Crippen LogP contribution >= 0.6 is 0 Å². The summed E-state index contributed by atoms with van der Waals surface area (Å²) in [6, 6.07) is 28.2. The number of carbonyl (C=O) groups is 2. The van der Waals surface area contributed by atoms with Crippen LogP contribution in [0.4, 0.5) is 4.39 Å². The number of nitrogens with zero attached hydrogens (tertiary/aromatic N) is 1. The molecule has 0 aliphatic carbocycles. The van der Waals surface area contributed by atoms with Crippen molar-refractivity contribution in [3.8, 4) is 5.75 Å². The van der Waals surface area contributed by atoms with E-state index in [0.29, 0.717) is 12.2 Å². The van der Waals surface area contributed by atoms with Gasteiger partial charge in [0.25, 0.3) is 5.91 Å². The van der Waals surface area contributed by atoms with Gasteiger partial charge in [-0.05, 0) is 48.6 Å². The third-order valence-electron chi connectivity index (χ3n) is 6.07. The summed E-state index contributed by atoms with van der Waals surface area (Å²) in [6.45, 7) is 3.66. The Kier molecular flexibility index (Phi) is 8.52. The molecule has 4 aromatic carbocycles. The summed E-state index contributed by atoms with van der Waals surface area (Å²) in [5.41, 5.74) is 1.65. The van der Waals surface area contributed by atoms with Gasteiger partial charge < -0.3 is 15.0 Å². The van der Waals surface area contributed by atoms with Crippen molar-refractivity contribution in [2.75, 3.05) is 6.61 Å². The molecule has 6 heteroatoms. The normalized spacial score (nSPS) is 11.8. The second-order valence-corrected chi connectivity index (χ2v) is 9.28. The summed E-state index contributed by atoms with van der Waals surface area (Å²) in [4.78, 5) is 28.6. The summed E-state index contributed by atoms with van der Waals surface area (Å²) in [5.74, 6) is -0.352. The first-order chi connectivity index (χ1) is 17.9. The second kappa shape index (κ2) is 12.2. The molecule has 0 spiro atoms. The van der Waals surface area contributed by atoms with Gasteiger partial charge in [-0.15, -0.1) is 0 Å². The zero-order chi connectivity index (χ0) is 26.2. The molecule has 0 aromatic heterocycles. The van der Waals surface area contributed by atoms with Crippen molar-refractivity contribution in [3.05, 3.63) is 114 Å². The van der Waals surface area contributed by atoms with Crippen molar-refractivity contribution in [2.24, 2.45) is 0 Å². The van der Waals surface area contributed by atoms with Crippen LogP contribution in [-0.4, -0.2) is 35.4 Å². The van der Waals surface area contributed by atoms with Crippen LogP contribution in [0.5, 0.6) is 5.75 Å². The van der Waals surface area contributed by atoms with E-state index in [1.165, 1.54) is 17.0 Å². The third-order valence-corrected chi connectivity index (χ3v) is 6.07. The van der Waals surface area contributed by atoms with Crippen LogP contribution in [0, 0.1) is 5.82 Å². The molecule has 1 N–H and O–H groups in total. The number of rotatable bonds is 10. The quantitative estimate of drug-likeness (QED) is 0.313. The van der Waals surface area contributed by atoms with Crippen LogP contribution in [0.3, 0.4) is 0 Å². The van der Waals surface area contributed by atoms with E-state index in [9.17, 15) is 14.0 Å². The van der Waals surface area contributed by atoms with E-state index in [0.717, 1.165) is 21.9 Å². The summed E-state index contributed by atoms with van der Waals surface area (Å²) in [7, 11) is 0. The minimum Gasteiger partial charge on any atom is -0.483 e. The number of ether oxygens (including phenoxy) is 1. The molecule has 1 atom stereocenters. The second-order valence-electron chi connectivity index (χ2n) is 9.28. The Bertz CT molecular complexity index is 1330. The van der Waals surface area contributed by atoms with E-state index in [4.69, 9.17) is 4.74 Å². The Morgan fingerprint density at radius 3 is 2.24 bits per heavy atom. The largest absolute Gasteiger partial charge is 0.483 e. The Balaban J connectivity index is 1.64. The van der Waals surface area contributed by atoms with Gasteiger partial charge in [0.05, 0.1) is 0 Å². The minimum absolute atomic E-state index is 0.0968. The van der Waals surface area contributed by atoms with E-state index in [2.05, 4.69) is 5.32 Å². The first-order valence-corrected chi connectivity index (χ1v) is 12.4. The summed E-state index contributed by atoms with van der Waals surface area (Å²) < 4.78 is 19.6. The van der Waals surface area contributed by atoms with E-state index in [1.807, 2.05) is 86.6 Å². The fourth-order valence-electron chi connectivity index (χ4n) is 4.27. The highest BCUT2D eigenvalue weighted by Crippen LogP contribution is 2.25. The fourth-order valence-corrected chi connectivity index (χ4v) is 4.27. The SMILES string of the molecule is CC(C)NC(=O)[C@@H](Cc1ccccc1)N(Cc1ccc(F)cc1)C(=O)COc1cccc2ccccc12. The number of fused-ring (bicyclic) bond motifs is 1. The Morgan fingerprint density at radius 2 is 1.51 bits per heavy atom. The number of halogens is 1. The number of hydrogen-bond acceptors (Lipinski definition) is 3. The van der Waals surface area contributed by atoms with E-state index in [1.54, 1.807) is 12.1 Å². The van der Waals surface area contributed by atoms with Crippen molar-refractivity contribution < 1.29 is 18.7 Å². The van der Waals surface area contributed by atoms with Gasteiger partial charge >= 0.3 is 0 Å². The molecule has 190 valence electrons. The van der Waals surface area contributed by atoms with Gasteiger partial charge in [0.2, 0.25) is 5.91 Å².